The van der Waals surface area contributed by atoms with Crippen LogP contribution in [0.2, 0.25) is 5.02 Å². The van der Waals surface area contributed by atoms with E-state index < -0.39 is 0 Å². The van der Waals surface area contributed by atoms with Gasteiger partial charge < -0.3 is 10.4 Å². The van der Waals surface area contributed by atoms with Crippen LogP contribution in [-0.2, 0) is 0 Å². The van der Waals surface area contributed by atoms with Gasteiger partial charge >= 0.3 is 0 Å². The number of benzene rings is 1. The third-order valence-corrected chi connectivity index (χ3v) is 4.80. The highest BCUT2D eigenvalue weighted by Gasteiger charge is 2.46. The van der Waals surface area contributed by atoms with E-state index in [1.54, 1.807) is 0 Å². The molecule has 1 aromatic rings. The summed E-state index contributed by atoms with van der Waals surface area (Å²) in [6.07, 6.45) is 4.51. The van der Waals surface area contributed by atoms with E-state index in [0.717, 1.165) is 24.9 Å². The lowest BCUT2D eigenvalue weighted by molar-refractivity contribution is 0.0580. The number of aliphatic hydroxyl groups excluding tert-OH is 1. The first-order valence-corrected chi connectivity index (χ1v) is 7.02. The molecule has 1 unspecified atom stereocenters. The SMILES string of the molecule is CC1(C)CCCCC1(CO)Nc1ccccc1Cl. The monoisotopic (exact) mass is 267 g/mol. The van der Waals surface area contributed by atoms with Gasteiger partial charge in [-0.3, -0.25) is 0 Å². The highest BCUT2D eigenvalue weighted by Crippen LogP contribution is 2.46. The van der Waals surface area contributed by atoms with Gasteiger partial charge in [0.25, 0.3) is 0 Å². The molecule has 1 aromatic carbocycles. The maximum absolute atomic E-state index is 9.92. The Balaban J connectivity index is 2.30. The van der Waals surface area contributed by atoms with Crippen LogP contribution in [-0.4, -0.2) is 17.3 Å². The lowest BCUT2D eigenvalue weighted by atomic mass is 9.63. The predicted molar refractivity (Wildman–Crippen MR) is 77.1 cm³/mol. The molecule has 0 bridgehead atoms. The average molecular weight is 268 g/mol. The summed E-state index contributed by atoms with van der Waals surface area (Å²) in [6.45, 7) is 4.60. The van der Waals surface area contributed by atoms with Gasteiger partial charge in [-0.05, 0) is 30.4 Å². The highest BCUT2D eigenvalue weighted by atomic mass is 35.5. The van der Waals surface area contributed by atoms with Crippen molar-refractivity contribution in [1.82, 2.24) is 0 Å². The topological polar surface area (TPSA) is 32.3 Å². The Bertz CT molecular complexity index is 419. The third kappa shape index (κ3) is 2.36. The van der Waals surface area contributed by atoms with Crippen molar-refractivity contribution in [2.45, 2.75) is 45.1 Å². The fourth-order valence-corrected chi connectivity index (χ4v) is 3.14. The molecule has 0 amide bonds. The smallest absolute Gasteiger partial charge is 0.0666 e. The number of para-hydroxylation sites is 1. The van der Waals surface area contributed by atoms with Gasteiger partial charge in [0.2, 0.25) is 0 Å². The van der Waals surface area contributed by atoms with Gasteiger partial charge in [0, 0.05) is 0 Å². The van der Waals surface area contributed by atoms with Crippen LogP contribution in [0.5, 0.6) is 0 Å². The highest BCUT2D eigenvalue weighted by molar-refractivity contribution is 6.33. The summed E-state index contributed by atoms with van der Waals surface area (Å²) in [5.74, 6) is 0. The maximum Gasteiger partial charge on any atom is 0.0666 e. The lowest BCUT2D eigenvalue weighted by Gasteiger charge is -2.50. The van der Waals surface area contributed by atoms with Crippen molar-refractivity contribution in [1.29, 1.82) is 0 Å². The van der Waals surface area contributed by atoms with E-state index in [2.05, 4.69) is 19.2 Å². The molecule has 1 atom stereocenters. The molecule has 0 aromatic heterocycles. The molecule has 0 radical (unpaired) electrons. The fourth-order valence-electron chi connectivity index (χ4n) is 2.96. The zero-order valence-corrected chi connectivity index (χ0v) is 11.9. The van der Waals surface area contributed by atoms with Crippen LogP contribution in [0.1, 0.15) is 39.5 Å². The Morgan fingerprint density at radius 3 is 2.50 bits per heavy atom. The first-order chi connectivity index (χ1) is 8.51. The van der Waals surface area contributed by atoms with Crippen molar-refractivity contribution in [2.24, 2.45) is 5.41 Å². The third-order valence-electron chi connectivity index (χ3n) is 4.47. The quantitative estimate of drug-likeness (QED) is 0.865. The number of hydrogen-bond acceptors (Lipinski definition) is 2. The number of aliphatic hydroxyl groups is 1. The van der Waals surface area contributed by atoms with Crippen molar-refractivity contribution in [3.63, 3.8) is 0 Å². The van der Waals surface area contributed by atoms with Crippen LogP contribution in [0.3, 0.4) is 0 Å². The predicted octanol–water partition coefficient (Wildman–Crippen LogP) is 4.08. The standard InChI is InChI=1S/C15H22ClNO/c1-14(2)9-5-6-10-15(14,11-18)17-13-8-4-3-7-12(13)16/h3-4,7-8,17-18H,5-6,9-11H2,1-2H3. The Morgan fingerprint density at radius 2 is 1.89 bits per heavy atom. The minimum absolute atomic E-state index is 0.0686. The molecule has 2 N–H and O–H groups in total. The Morgan fingerprint density at radius 1 is 1.22 bits per heavy atom. The van der Waals surface area contributed by atoms with Crippen LogP contribution in [0.4, 0.5) is 5.69 Å². The van der Waals surface area contributed by atoms with E-state index in [4.69, 9.17) is 11.6 Å². The van der Waals surface area contributed by atoms with Crippen molar-refractivity contribution in [3.8, 4) is 0 Å². The summed E-state index contributed by atoms with van der Waals surface area (Å²) in [6, 6.07) is 7.75. The molecular weight excluding hydrogens is 246 g/mol. The van der Waals surface area contributed by atoms with Crippen LogP contribution < -0.4 is 5.32 Å². The zero-order valence-electron chi connectivity index (χ0n) is 11.2. The van der Waals surface area contributed by atoms with Crippen LogP contribution in [0.25, 0.3) is 0 Å². The first-order valence-electron chi connectivity index (χ1n) is 6.64. The van der Waals surface area contributed by atoms with Gasteiger partial charge in [0.15, 0.2) is 0 Å². The molecular formula is C15H22ClNO. The van der Waals surface area contributed by atoms with Crippen LogP contribution >= 0.6 is 11.6 Å². The van der Waals surface area contributed by atoms with E-state index in [1.165, 1.54) is 6.42 Å². The number of hydrogen-bond donors (Lipinski definition) is 2. The molecule has 3 heteroatoms. The summed E-state index contributed by atoms with van der Waals surface area (Å²) >= 11 is 6.21. The van der Waals surface area contributed by atoms with Crippen molar-refractivity contribution in [3.05, 3.63) is 29.3 Å². The molecule has 2 rings (SSSR count). The molecule has 100 valence electrons. The summed E-state index contributed by atoms with van der Waals surface area (Å²) in [5.41, 5.74) is 0.721. The molecule has 1 aliphatic carbocycles. The molecule has 0 spiro atoms. The Labute approximate surface area is 114 Å². The summed E-state index contributed by atoms with van der Waals surface area (Å²) in [7, 11) is 0. The minimum Gasteiger partial charge on any atom is -0.394 e. The Kier molecular flexibility index (Phi) is 3.88. The van der Waals surface area contributed by atoms with E-state index in [-0.39, 0.29) is 17.6 Å². The van der Waals surface area contributed by atoms with E-state index in [9.17, 15) is 5.11 Å². The Hall–Kier alpha value is -0.730. The van der Waals surface area contributed by atoms with Gasteiger partial charge in [-0.1, -0.05) is 50.4 Å². The van der Waals surface area contributed by atoms with E-state index in [1.807, 2.05) is 24.3 Å². The number of anilines is 1. The summed E-state index contributed by atoms with van der Waals surface area (Å²) < 4.78 is 0. The molecule has 1 aliphatic rings. The van der Waals surface area contributed by atoms with Gasteiger partial charge in [0.1, 0.15) is 0 Å². The first kappa shape index (κ1) is 13.7. The second kappa shape index (κ2) is 5.10. The molecule has 1 fully saturated rings. The normalized spacial score (nSPS) is 26.9. The van der Waals surface area contributed by atoms with Gasteiger partial charge in [-0.15, -0.1) is 0 Å². The number of nitrogens with one attached hydrogen (secondary N) is 1. The van der Waals surface area contributed by atoms with Crippen molar-refractivity contribution >= 4 is 17.3 Å². The van der Waals surface area contributed by atoms with Crippen LogP contribution in [0, 0.1) is 5.41 Å². The molecule has 1 saturated carbocycles. The molecule has 0 saturated heterocycles. The second-order valence-corrected chi connectivity index (χ2v) is 6.34. The van der Waals surface area contributed by atoms with E-state index in [0.29, 0.717) is 5.02 Å². The molecule has 2 nitrogen and oxygen atoms in total. The molecule has 0 aliphatic heterocycles. The second-order valence-electron chi connectivity index (χ2n) is 5.94. The largest absolute Gasteiger partial charge is 0.394 e. The lowest BCUT2D eigenvalue weighted by Crippen LogP contribution is -2.56. The zero-order chi connectivity index (χ0) is 13.2. The van der Waals surface area contributed by atoms with Crippen molar-refractivity contribution < 1.29 is 5.11 Å². The maximum atomic E-state index is 9.92. The van der Waals surface area contributed by atoms with Gasteiger partial charge in [-0.25, -0.2) is 0 Å². The summed E-state index contributed by atoms with van der Waals surface area (Å²) in [4.78, 5) is 0. The number of rotatable bonds is 3. The average Bonchev–Trinajstić information content (AvgIpc) is 2.34. The minimum atomic E-state index is -0.268. The van der Waals surface area contributed by atoms with Crippen molar-refractivity contribution in [2.75, 3.05) is 11.9 Å². The van der Waals surface area contributed by atoms with Gasteiger partial charge in [0.05, 0.1) is 22.9 Å². The molecule has 18 heavy (non-hydrogen) atoms. The number of halogens is 1. The molecule has 0 heterocycles. The van der Waals surface area contributed by atoms with Gasteiger partial charge in [-0.2, -0.15) is 0 Å². The van der Waals surface area contributed by atoms with Crippen LogP contribution in [0.15, 0.2) is 24.3 Å². The fraction of sp³-hybridized carbons (Fsp3) is 0.600. The summed E-state index contributed by atoms with van der Waals surface area (Å²) in [5, 5.41) is 14.2. The van der Waals surface area contributed by atoms with E-state index >= 15 is 0 Å².